The van der Waals surface area contributed by atoms with Crippen molar-refractivity contribution >= 4 is 0 Å². The molecule has 0 aliphatic carbocycles. The number of nitrogens with one attached hydrogen (secondary N) is 2. The van der Waals surface area contributed by atoms with Gasteiger partial charge in [-0.05, 0) is 32.1 Å². The molecule has 0 aromatic carbocycles. The van der Waals surface area contributed by atoms with Crippen molar-refractivity contribution in [1.29, 1.82) is 0 Å². The van der Waals surface area contributed by atoms with E-state index >= 15 is 0 Å². The van der Waals surface area contributed by atoms with E-state index in [0.717, 1.165) is 24.4 Å². The van der Waals surface area contributed by atoms with E-state index in [-0.39, 0.29) is 0 Å². The van der Waals surface area contributed by atoms with Crippen LogP contribution in [0.2, 0.25) is 0 Å². The highest BCUT2D eigenvalue weighted by molar-refractivity contribution is 5.57. The van der Waals surface area contributed by atoms with Gasteiger partial charge in [0.1, 0.15) is 0 Å². The Kier molecular flexibility index (Phi) is 3.09. The van der Waals surface area contributed by atoms with Gasteiger partial charge >= 0.3 is 0 Å². The average Bonchev–Trinajstić information content (AvgIpc) is 2.75. The maximum atomic E-state index is 4.30. The molecule has 0 saturated carbocycles. The summed E-state index contributed by atoms with van der Waals surface area (Å²) in [4.78, 5) is 4.30. The first-order valence-corrected chi connectivity index (χ1v) is 5.00. The first-order chi connectivity index (χ1) is 7.42. The van der Waals surface area contributed by atoms with E-state index in [1.807, 2.05) is 31.4 Å². The Hall–Kier alpha value is -1.68. The summed E-state index contributed by atoms with van der Waals surface area (Å²) >= 11 is 0. The van der Waals surface area contributed by atoms with Crippen LogP contribution in [0.4, 0.5) is 0 Å². The molecule has 0 saturated heterocycles. The lowest BCUT2D eigenvalue weighted by Crippen LogP contribution is -2.10. The molecule has 0 aliphatic rings. The van der Waals surface area contributed by atoms with Crippen LogP contribution in [0.25, 0.3) is 11.4 Å². The van der Waals surface area contributed by atoms with Crippen molar-refractivity contribution in [2.75, 3.05) is 13.6 Å². The van der Waals surface area contributed by atoms with E-state index in [1.165, 1.54) is 5.56 Å². The van der Waals surface area contributed by atoms with Gasteiger partial charge in [-0.25, -0.2) is 0 Å². The van der Waals surface area contributed by atoms with Gasteiger partial charge in [-0.2, -0.15) is 5.10 Å². The molecular weight excluding hydrogens is 188 g/mol. The predicted octanol–water partition coefficient (Wildman–Crippen LogP) is 1.23. The standard InChI is InChI=1S/C11H14N4/c1-12-7-5-9-8-14-15-11(9)10-4-2-3-6-13-10/h2-4,6,8,12H,5,7H2,1H3,(H,14,15). The SMILES string of the molecule is CNCCc1cn[nH]c1-c1ccccn1. The number of hydrogen-bond donors (Lipinski definition) is 2. The molecule has 0 atom stereocenters. The van der Waals surface area contributed by atoms with Crippen LogP contribution in [0.1, 0.15) is 5.56 Å². The van der Waals surface area contributed by atoms with E-state index < -0.39 is 0 Å². The van der Waals surface area contributed by atoms with Crippen LogP contribution in [0.15, 0.2) is 30.6 Å². The molecule has 2 rings (SSSR count). The number of aromatic nitrogens is 3. The van der Waals surface area contributed by atoms with E-state index in [1.54, 1.807) is 6.20 Å². The molecule has 2 aromatic rings. The van der Waals surface area contributed by atoms with E-state index in [4.69, 9.17) is 0 Å². The monoisotopic (exact) mass is 202 g/mol. The smallest absolute Gasteiger partial charge is 0.0883 e. The maximum absolute atomic E-state index is 4.30. The van der Waals surface area contributed by atoms with Crippen LogP contribution < -0.4 is 5.32 Å². The van der Waals surface area contributed by atoms with Crippen LogP contribution in [0, 0.1) is 0 Å². The van der Waals surface area contributed by atoms with Gasteiger partial charge in [0.15, 0.2) is 0 Å². The highest BCUT2D eigenvalue weighted by Gasteiger charge is 2.07. The zero-order chi connectivity index (χ0) is 10.5. The minimum absolute atomic E-state index is 0.944. The average molecular weight is 202 g/mol. The molecule has 0 bridgehead atoms. The van der Waals surface area contributed by atoms with E-state index in [2.05, 4.69) is 20.5 Å². The van der Waals surface area contributed by atoms with Gasteiger partial charge in [0.2, 0.25) is 0 Å². The molecule has 0 unspecified atom stereocenters. The molecule has 2 heterocycles. The molecule has 0 spiro atoms. The number of likely N-dealkylation sites (N-methyl/N-ethyl adjacent to an activating group) is 1. The van der Waals surface area contributed by atoms with Crippen molar-refractivity contribution in [2.45, 2.75) is 6.42 Å². The highest BCUT2D eigenvalue weighted by atomic mass is 15.1. The summed E-state index contributed by atoms with van der Waals surface area (Å²) in [6, 6.07) is 5.87. The number of aromatic amines is 1. The third-order valence-corrected chi connectivity index (χ3v) is 2.28. The van der Waals surface area contributed by atoms with Crippen molar-refractivity contribution in [1.82, 2.24) is 20.5 Å². The molecule has 0 fully saturated rings. The summed E-state index contributed by atoms with van der Waals surface area (Å²) in [6.45, 7) is 0.944. The Balaban J connectivity index is 2.25. The second-order valence-electron chi connectivity index (χ2n) is 3.34. The fourth-order valence-electron chi connectivity index (χ4n) is 1.49. The Morgan fingerprint density at radius 3 is 3.07 bits per heavy atom. The summed E-state index contributed by atoms with van der Waals surface area (Å²) in [6.07, 6.45) is 4.61. The summed E-state index contributed by atoms with van der Waals surface area (Å²) in [5.74, 6) is 0. The van der Waals surface area contributed by atoms with Crippen LogP contribution in [0.5, 0.6) is 0 Å². The normalized spacial score (nSPS) is 10.5. The molecule has 0 radical (unpaired) electrons. The number of hydrogen-bond acceptors (Lipinski definition) is 3. The second kappa shape index (κ2) is 4.70. The minimum atomic E-state index is 0.944. The van der Waals surface area contributed by atoms with Gasteiger partial charge in [0.05, 0.1) is 17.6 Å². The van der Waals surface area contributed by atoms with Crippen LogP contribution in [0.3, 0.4) is 0 Å². The third kappa shape index (κ3) is 2.22. The minimum Gasteiger partial charge on any atom is -0.319 e. The van der Waals surface area contributed by atoms with Crippen molar-refractivity contribution in [3.05, 3.63) is 36.2 Å². The van der Waals surface area contributed by atoms with Gasteiger partial charge in [0, 0.05) is 11.8 Å². The van der Waals surface area contributed by atoms with E-state index in [0.29, 0.717) is 0 Å². The van der Waals surface area contributed by atoms with Crippen LogP contribution in [-0.2, 0) is 6.42 Å². The third-order valence-electron chi connectivity index (χ3n) is 2.28. The van der Waals surface area contributed by atoms with Crippen molar-refractivity contribution in [3.8, 4) is 11.4 Å². The van der Waals surface area contributed by atoms with Gasteiger partial charge in [0.25, 0.3) is 0 Å². The second-order valence-corrected chi connectivity index (χ2v) is 3.34. The van der Waals surface area contributed by atoms with Gasteiger partial charge in [-0.3, -0.25) is 10.1 Å². The number of nitrogens with zero attached hydrogens (tertiary/aromatic N) is 2. The lowest BCUT2D eigenvalue weighted by Gasteiger charge is -2.01. The number of pyridine rings is 1. The Morgan fingerprint density at radius 2 is 2.33 bits per heavy atom. The van der Waals surface area contributed by atoms with Gasteiger partial charge in [-0.15, -0.1) is 0 Å². The molecule has 0 aliphatic heterocycles. The fourth-order valence-corrected chi connectivity index (χ4v) is 1.49. The zero-order valence-corrected chi connectivity index (χ0v) is 8.70. The topological polar surface area (TPSA) is 53.6 Å². The number of H-pyrrole nitrogens is 1. The predicted molar refractivity (Wildman–Crippen MR) is 59.4 cm³/mol. The molecule has 2 aromatic heterocycles. The van der Waals surface area contributed by atoms with Crippen molar-refractivity contribution in [2.24, 2.45) is 0 Å². The molecule has 78 valence electrons. The number of rotatable bonds is 4. The zero-order valence-electron chi connectivity index (χ0n) is 8.70. The molecule has 4 nitrogen and oxygen atoms in total. The van der Waals surface area contributed by atoms with Crippen molar-refractivity contribution in [3.63, 3.8) is 0 Å². The quantitative estimate of drug-likeness (QED) is 0.784. The molecule has 0 amide bonds. The lowest BCUT2D eigenvalue weighted by atomic mass is 10.1. The Labute approximate surface area is 88.8 Å². The lowest BCUT2D eigenvalue weighted by molar-refractivity contribution is 0.792. The van der Waals surface area contributed by atoms with E-state index in [9.17, 15) is 0 Å². The van der Waals surface area contributed by atoms with Gasteiger partial charge < -0.3 is 5.32 Å². The Bertz CT molecular complexity index is 408. The summed E-state index contributed by atoms with van der Waals surface area (Å²) < 4.78 is 0. The van der Waals surface area contributed by atoms with Crippen molar-refractivity contribution < 1.29 is 0 Å². The maximum Gasteiger partial charge on any atom is 0.0883 e. The molecule has 4 heteroatoms. The summed E-state index contributed by atoms with van der Waals surface area (Å²) in [5, 5.41) is 10.2. The summed E-state index contributed by atoms with van der Waals surface area (Å²) in [5.41, 5.74) is 3.16. The fraction of sp³-hybridized carbons (Fsp3) is 0.273. The van der Waals surface area contributed by atoms with Crippen LogP contribution >= 0.6 is 0 Å². The summed E-state index contributed by atoms with van der Waals surface area (Å²) in [7, 11) is 1.94. The highest BCUT2D eigenvalue weighted by Crippen LogP contribution is 2.18. The van der Waals surface area contributed by atoms with Crippen LogP contribution in [-0.4, -0.2) is 28.8 Å². The molecule has 2 N–H and O–H groups in total. The van der Waals surface area contributed by atoms with Gasteiger partial charge in [-0.1, -0.05) is 6.07 Å². The first kappa shape index (κ1) is 9.86. The Morgan fingerprint density at radius 1 is 1.40 bits per heavy atom. The molecular formula is C11H14N4. The molecule has 15 heavy (non-hydrogen) atoms. The largest absolute Gasteiger partial charge is 0.319 e. The first-order valence-electron chi connectivity index (χ1n) is 5.00.